The number of rotatable bonds is 5. The molecule has 0 atom stereocenters. The number of ketones is 1. The molecule has 0 N–H and O–H groups in total. The third-order valence-electron chi connectivity index (χ3n) is 3.43. The van der Waals surface area contributed by atoms with Crippen LogP contribution in [0.1, 0.15) is 33.5 Å². The molecular weight excluding hydrogens is 353 g/mol. The van der Waals surface area contributed by atoms with Gasteiger partial charge in [0.15, 0.2) is 11.6 Å². The molecule has 7 heteroatoms. The lowest BCUT2D eigenvalue weighted by Crippen LogP contribution is -2.06. The van der Waals surface area contributed by atoms with Gasteiger partial charge < -0.3 is 0 Å². The Morgan fingerprint density at radius 1 is 1.30 bits per heavy atom. The number of hydrogen-bond donors (Lipinski definition) is 0. The summed E-state index contributed by atoms with van der Waals surface area (Å²) in [7, 11) is 0. The molecule has 3 rings (SSSR count). The van der Waals surface area contributed by atoms with E-state index >= 15 is 0 Å². The lowest BCUT2D eigenvalue weighted by Gasteiger charge is -2.06. The van der Waals surface area contributed by atoms with Gasteiger partial charge in [-0.2, -0.15) is 0 Å². The van der Waals surface area contributed by atoms with E-state index in [1.807, 2.05) is 13.0 Å². The minimum atomic E-state index is -0.115. The van der Waals surface area contributed by atoms with Crippen LogP contribution >= 0.6 is 34.5 Å². The van der Waals surface area contributed by atoms with Crippen molar-refractivity contribution >= 4 is 40.3 Å². The number of aromatic nitrogens is 3. The zero-order chi connectivity index (χ0) is 16.4. The van der Waals surface area contributed by atoms with Gasteiger partial charge in [0.05, 0.1) is 16.5 Å². The zero-order valence-electron chi connectivity index (χ0n) is 12.3. The summed E-state index contributed by atoms with van der Waals surface area (Å²) in [6.07, 6.45) is 2.41. The van der Waals surface area contributed by atoms with Crippen molar-refractivity contribution < 1.29 is 4.79 Å². The van der Waals surface area contributed by atoms with E-state index < -0.39 is 0 Å². The summed E-state index contributed by atoms with van der Waals surface area (Å²) in [5, 5.41) is 9.09. The highest BCUT2D eigenvalue weighted by Crippen LogP contribution is 2.31. The van der Waals surface area contributed by atoms with Crippen LogP contribution in [-0.4, -0.2) is 20.5 Å². The van der Waals surface area contributed by atoms with Crippen LogP contribution in [0.4, 0.5) is 0 Å². The molecule has 0 radical (unpaired) electrons. The van der Waals surface area contributed by atoms with Crippen LogP contribution in [0, 0.1) is 0 Å². The second kappa shape index (κ2) is 6.83. The predicted octanol–water partition coefficient (Wildman–Crippen LogP) is 4.51. The summed E-state index contributed by atoms with van der Waals surface area (Å²) < 4.78 is 1.76. The molecule has 0 aliphatic rings. The lowest BCUT2D eigenvalue weighted by molar-refractivity contribution is 0.103. The molecule has 0 saturated heterocycles. The molecule has 118 valence electrons. The topological polar surface area (TPSA) is 47.8 Å². The number of thiophene rings is 1. The Hall–Kier alpha value is -1.69. The third kappa shape index (κ3) is 3.04. The second-order valence-electron chi connectivity index (χ2n) is 4.84. The van der Waals surface area contributed by atoms with Gasteiger partial charge in [-0.3, -0.25) is 9.36 Å². The van der Waals surface area contributed by atoms with Gasteiger partial charge in [0.25, 0.3) is 0 Å². The first-order valence-electron chi connectivity index (χ1n) is 7.02. The van der Waals surface area contributed by atoms with Crippen molar-refractivity contribution in [1.29, 1.82) is 0 Å². The number of carbonyl (C=O) groups is 1. The molecule has 0 fully saturated rings. The van der Waals surface area contributed by atoms with E-state index in [-0.39, 0.29) is 11.7 Å². The number of hydrogen-bond acceptors (Lipinski definition) is 4. The van der Waals surface area contributed by atoms with E-state index in [4.69, 9.17) is 23.2 Å². The van der Waals surface area contributed by atoms with Crippen molar-refractivity contribution in [3.8, 4) is 5.00 Å². The van der Waals surface area contributed by atoms with E-state index in [0.29, 0.717) is 22.0 Å². The van der Waals surface area contributed by atoms with E-state index in [2.05, 4.69) is 10.2 Å². The SMILES string of the molecule is CCc1cc(C(=O)c2ccccc2Cl)c(-n2cnnc2CCl)s1. The Balaban J connectivity index is 2.14. The van der Waals surface area contributed by atoms with Gasteiger partial charge in [-0.1, -0.05) is 30.7 Å². The molecule has 0 unspecified atom stereocenters. The first-order chi connectivity index (χ1) is 11.2. The average molecular weight is 366 g/mol. The van der Waals surface area contributed by atoms with Gasteiger partial charge in [0.1, 0.15) is 11.3 Å². The smallest absolute Gasteiger partial charge is 0.197 e. The number of carbonyl (C=O) groups excluding carboxylic acids is 1. The van der Waals surface area contributed by atoms with Crippen LogP contribution in [0.25, 0.3) is 5.00 Å². The summed E-state index contributed by atoms with van der Waals surface area (Å²) in [6, 6.07) is 8.95. The maximum absolute atomic E-state index is 12.9. The highest BCUT2D eigenvalue weighted by molar-refractivity contribution is 7.15. The van der Waals surface area contributed by atoms with Crippen molar-refractivity contribution in [3.05, 3.63) is 63.5 Å². The minimum absolute atomic E-state index is 0.115. The molecule has 0 spiro atoms. The maximum Gasteiger partial charge on any atom is 0.197 e. The summed E-state index contributed by atoms with van der Waals surface area (Å²) in [4.78, 5) is 14.0. The Morgan fingerprint density at radius 3 is 2.78 bits per heavy atom. The van der Waals surface area contributed by atoms with Crippen molar-refractivity contribution in [2.24, 2.45) is 0 Å². The first kappa shape index (κ1) is 16.2. The second-order valence-corrected chi connectivity index (χ2v) is 6.63. The fourth-order valence-electron chi connectivity index (χ4n) is 2.26. The summed E-state index contributed by atoms with van der Waals surface area (Å²) >= 11 is 13.6. The van der Waals surface area contributed by atoms with Gasteiger partial charge in [0.2, 0.25) is 0 Å². The van der Waals surface area contributed by atoms with Crippen LogP contribution in [-0.2, 0) is 12.3 Å². The van der Waals surface area contributed by atoms with Gasteiger partial charge in [-0.15, -0.1) is 33.1 Å². The maximum atomic E-state index is 12.9. The fourth-order valence-corrected chi connectivity index (χ4v) is 3.74. The highest BCUT2D eigenvalue weighted by atomic mass is 35.5. The number of benzene rings is 1. The molecule has 4 nitrogen and oxygen atoms in total. The van der Waals surface area contributed by atoms with Crippen LogP contribution < -0.4 is 0 Å². The summed E-state index contributed by atoms with van der Waals surface area (Å²) in [5.74, 6) is 0.708. The molecule has 2 aromatic heterocycles. The first-order valence-corrected chi connectivity index (χ1v) is 8.75. The van der Waals surface area contributed by atoms with Crippen molar-refractivity contribution in [3.63, 3.8) is 0 Å². The minimum Gasteiger partial charge on any atom is -0.288 e. The number of aryl methyl sites for hydroxylation is 1. The number of alkyl halides is 1. The Morgan fingerprint density at radius 2 is 2.09 bits per heavy atom. The normalized spacial score (nSPS) is 10.9. The van der Waals surface area contributed by atoms with Gasteiger partial charge >= 0.3 is 0 Å². The van der Waals surface area contributed by atoms with E-state index in [9.17, 15) is 4.79 Å². The molecule has 0 saturated carbocycles. The molecule has 23 heavy (non-hydrogen) atoms. The van der Waals surface area contributed by atoms with Crippen LogP contribution in [0.3, 0.4) is 0 Å². The Bertz CT molecular complexity index is 857. The summed E-state index contributed by atoms with van der Waals surface area (Å²) in [6.45, 7) is 2.05. The molecule has 0 aliphatic heterocycles. The zero-order valence-corrected chi connectivity index (χ0v) is 14.6. The molecule has 1 aromatic carbocycles. The van der Waals surface area contributed by atoms with E-state index in [1.165, 1.54) is 11.3 Å². The largest absolute Gasteiger partial charge is 0.288 e. The Labute approximate surface area is 147 Å². The van der Waals surface area contributed by atoms with Crippen LogP contribution in [0.15, 0.2) is 36.7 Å². The van der Waals surface area contributed by atoms with Gasteiger partial charge in [0, 0.05) is 10.4 Å². The Kier molecular flexibility index (Phi) is 4.80. The van der Waals surface area contributed by atoms with Crippen LogP contribution in [0.2, 0.25) is 5.02 Å². The summed E-state index contributed by atoms with van der Waals surface area (Å²) in [5.41, 5.74) is 1.07. The molecule has 0 amide bonds. The predicted molar refractivity (Wildman–Crippen MR) is 93.1 cm³/mol. The van der Waals surface area contributed by atoms with E-state index in [0.717, 1.165) is 16.3 Å². The average Bonchev–Trinajstić information content (AvgIpc) is 3.20. The third-order valence-corrected chi connectivity index (χ3v) is 5.28. The standard InChI is InChI=1S/C16H13Cl2N3OS/c1-2-10-7-12(15(22)11-5-3-4-6-13(11)18)16(23-10)21-9-19-20-14(21)8-17/h3-7,9H,2,8H2,1H3. The fraction of sp³-hybridized carbons (Fsp3) is 0.188. The van der Waals surface area contributed by atoms with E-state index in [1.54, 1.807) is 35.2 Å². The molecule has 2 heterocycles. The molecular formula is C16H13Cl2N3OS. The molecule has 0 bridgehead atoms. The van der Waals surface area contributed by atoms with Gasteiger partial charge in [-0.25, -0.2) is 0 Å². The quantitative estimate of drug-likeness (QED) is 0.493. The van der Waals surface area contributed by atoms with Crippen molar-refractivity contribution in [2.75, 3.05) is 0 Å². The van der Waals surface area contributed by atoms with Crippen LogP contribution in [0.5, 0.6) is 0 Å². The lowest BCUT2D eigenvalue weighted by atomic mass is 10.0. The van der Waals surface area contributed by atoms with Crippen molar-refractivity contribution in [1.82, 2.24) is 14.8 Å². The monoisotopic (exact) mass is 365 g/mol. The number of halogens is 2. The van der Waals surface area contributed by atoms with Crippen molar-refractivity contribution in [2.45, 2.75) is 19.2 Å². The highest BCUT2D eigenvalue weighted by Gasteiger charge is 2.21. The van der Waals surface area contributed by atoms with Gasteiger partial charge in [-0.05, 0) is 24.6 Å². The number of nitrogens with zero attached hydrogens (tertiary/aromatic N) is 3. The molecule has 3 aromatic rings. The molecule has 0 aliphatic carbocycles.